The molecule has 0 aromatic rings. The number of carbonyl (C=O) groups excluding carboxylic acids is 1. The van der Waals surface area contributed by atoms with Crippen molar-refractivity contribution in [3.63, 3.8) is 0 Å². The van der Waals surface area contributed by atoms with E-state index in [-0.39, 0.29) is 12.1 Å². The van der Waals surface area contributed by atoms with Gasteiger partial charge in [-0.1, -0.05) is 33.1 Å². The standard InChI is InChI=1S/C14H27ClO2/c1-4-5-6-10-14(17-13(3)16)12(2)9-7-8-11-15/h12,14H,4-11H2,1-3H3/t12-,14?/m1/s1. The summed E-state index contributed by atoms with van der Waals surface area (Å²) in [5.74, 6) is 1.01. The molecule has 0 aliphatic heterocycles. The van der Waals surface area contributed by atoms with Crippen LogP contribution < -0.4 is 0 Å². The third-order valence-corrected chi connectivity index (χ3v) is 3.35. The molecule has 102 valence electrons. The van der Waals surface area contributed by atoms with E-state index in [1.54, 1.807) is 0 Å². The third-order valence-electron chi connectivity index (χ3n) is 3.09. The molecule has 0 rings (SSSR count). The molecule has 0 saturated heterocycles. The van der Waals surface area contributed by atoms with E-state index in [2.05, 4.69) is 13.8 Å². The Morgan fingerprint density at radius 1 is 1.18 bits per heavy atom. The number of unbranched alkanes of at least 4 members (excludes halogenated alkanes) is 3. The lowest BCUT2D eigenvalue weighted by Crippen LogP contribution is -2.24. The van der Waals surface area contributed by atoms with Crippen LogP contribution in [0.4, 0.5) is 0 Å². The molecule has 0 N–H and O–H groups in total. The van der Waals surface area contributed by atoms with Crippen LogP contribution in [0.15, 0.2) is 0 Å². The Hall–Kier alpha value is -0.240. The minimum atomic E-state index is -0.157. The van der Waals surface area contributed by atoms with Crippen molar-refractivity contribution in [3.8, 4) is 0 Å². The first-order valence-corrected chi connectivity index (χ1v) is 7.38. The van der Waals surface area contributed by atoms with Crippen molar-refractivity contribution < 1.29 is 9.53 Å². The number of alkyl halides is 1. The first-order chi connectivity index (χ1) is 8.11. The van der Waals surface area contributed by atoms with Crippen molar-refractivity contribution >= 4 is 17.6 Å². The van der Waals surface area contributed by atoms with Crippen LogP contribution >= 0.6 is 11.6 Å². The first-order valence-electron chi connectivity index (χ1n) is 6.85. The van der Waals surface area contributed by atoms with E-state index in [1.807, 2.05) is 0 Å². The first kappa shape index (κ1) is 16.8. The lowest BCUT2D eigenvalue weighted by Gasteiger charge is -2.23. The van der Waals surface area contributed by atoms with Gasteiger partial charge in [-0.25, -0.2) is 0 Å². The Bertz CT molecular complexity index is 195. The monoisotopic (exact) mass is 262 g/mol. The van der Waals surface area contributed by atoms with Crippen LogP contribution in [0.25, 0.3) is 0 Å². The van der Waals surface area contributed by atoms with Crippen LogP contribution in [-0.2, 0) is 9.53 Å². The Morgan fingerprint density at radius 3 is 2.35 bits per heavy atom. The van der Waals surface area contributed by atoms with Crippen LogP contribution in [-0.4, -0.2) is 18.0 Å². The molecular weight excluding hydrogens is 236 g/mol. The molecule has 0 amide bonds. The zero-order valence-electron chi connectivity index (χ0n) is 11.5. The molecule has 0 aliphatic rings. The van der Waals surface area contributed by atoms with Gasteiger partial charge < -0.3 is 4.74 Å². The summed E-state index contributed by atoms with van der Waals surface area (Å²) in [5.41, 5.74) is 0. The van der Waals surface area contributed by atoms with Gasteiger partial charge in [-0.05, 0) is 31.6 Å². The second-order valence-electron chi connectivity index (χ2n) is 4.81. The molecule has 0 radical (unpaired) electrons. The predicted octanol–water partition coefficient (Wildman–Crippen LogP) is 4.54. The van der Waals surface area contributed by atoms with Crippen LogP contribution in [0, 0.1) is 5.92 Å². The molecule has 0 aromatic heterocycles. The van der Waals surface area contributed by atoms with Crippen molar-refractivity contribution in [3.05, 3.63) is 0 Å². The van der Waals surface area contributed by atoms with Crippen molar-refractivity contribution in [2.75, 3.05) is 5.88 Å². The number of rotatable bonds is 10. The predicted molar refractivity (Wildman–Crippen MR) is 73.4 cm³/mol. The van der Waals surface area contributed by atoms with E-state index in [0.29, 0.717) is 5.92 Å². The molecule has 2 atom stereocenters. The summed E-state index contributed by atoms with van der Waals surface area (Å²) >= 11 is 5.67. The molecule has 3 heteroatoms. The molecule has 0 aromatic carbocycles. The fraction of sp³-hybridized carbons (Fsp3) is 0.929. The Kier molecular flexibility index (Phi) is 10.7. The highest BCUT2D eigenvalue weighted by atomic mass is 35.5. The average molecular weight is 263 g/mol. The number of ether oxygens (including phenoxy) is 1. The normalized spacial score (nSPS) is 14.4. The van der Waals surface area contributed by atoms with Crippen molar-refractivity contribution in [2.45, 2.75) is 71.8 Å². The maximum atomic E-state index is 11.1. The summed E-state index contributed by atoms with van der Waals surface area (Å²) in [6.45, 7) is 5.86. The number of carbonyl (C=O) groups is 1. The molecule has 0 bridgehead atoms. The Labute approximate surface area is 111 Å². The van der Waals surface area contributed by atoms with Gasteiger partial charge in [0.05, 0.1) is 0 Å². The summed E-state index contributed by atoms with van der Waals surface area (Å²) < 4.78 is 5.42. The van der Waals surface area contributed by atoms with Gasteiger partial charge in [-0.2, -0.15) is 0 Å². The van der Waals surface area contributed by atoms with Crippen LogP contribution in [0.5, 0.6) is 0 Å². The summed E-state index contributed by atoms with van der Waals surface area (Å²) in [4.78, 5) is 11.1. The minimum absolute atomic E-state index is 0.0920. The summed E-state index contributed by atoms with van der Waals surface area (Å²) in [5, 5.41) is 0. The molecule has 0 aliphatic carbocycles. The van der Waals surface area contributed by atoms with Gasteiger partial charge in [-0.3, -0.25) is 4.79 Å². The largest absolute Gasteiger partial charge is 0.462 e. The maximum absolute atomic E-state index is 11.1. The quantitative estimate of drug-likeness (QED) is 0.328. The topological polar surface area (TPSA) is 26.3 Å². The SMILES string of the molecule is CCCCCC(OC(C)=O)[C@H](C)CCCCCl. The lowest BCUT2D eigenvalue weighted by atomic mass is 9.94. The minimum Gasteiger partial charge on any atom is -0.462 e. The van der Waals surface area contributed by atoms with E-state index in [0.717, 1.165) is 38.0 Å². The van der Waals surface area contributed by atoms with Gasteiger partial charge in [0.25, 0.3) is 0 Å². The number of halogens is 1. The van der Waals surface area contributed by atoms with Gasteiger partial charge in [0.15, 0.2) is 0 Å². The van der Waals surface area contributed by atoms with Crippen LogP contribution in [0.2, 0.25) is 0 Å². The maximum Gasteiger partial charge on any atom is 0.302 e. The summed E-state index contributed by atoms with van der Waals surface area (Å²) in [6.07, 6.45) is 7.92. The smallest absolute Gasteiger partial charge is 0.302 e. The zero-order valence-corrected chi connectivity index (χ0v) is 12.3. The van der Waals surface area contributed by atoms with Gasteiger partial charge in [0.2, 0.25) is 0 Å². The van der Waals surface area contributed by atoms with E-state index in [1.165, 1.54) is 19.8 Å². The van der Waals surface area contributed by atoms with Gasteiger partial charge in [-0.15, -0.1) is 11.6 Å². The highest BCUT2D eigenvalue weighted by Gasteiger charge is 2.19. The highest BCUT2D eigenvalue weighted by molar-refractivity contribution is 6.17. The lowest BCUT2D eigenvalue weighted by molar-refractivity contribution is -0.149. The number of hydrogen-bond acceptors (Lipinski definition) is 2. The second kappa shape index (κ2) is 10.9. The molecule has 0 spiro atoms. The fourth-order valence-corrected chi connectivity index (χ4v) is 2.20. The Balaban J connectivity index is 4.00. The van der Waals surface area contributed by atoms with E-state index >= 15 is 0 Å². The second-order valence-corrected chi connectivity index (χ2v) is 5.18. The highest BCUT2D eigenvalue weighted by Crippen LogP contribution is 2.21. The molecule has 1 unspecified atom stereocenters. The van der Waals surface area contributed by atoms with Gasteiger partial charge >= 0.3 is 5.97 Å². The number of hydrogen-bond donors (Lipinski definition) is 0. The van der Waals surface area contributed by atoms with Crippen LogP contribution in [0.3, 0.4) is 0 Å². The average Bonchev–Trinajstić information content (AvgIpc) is 2.27. The molecule has 0 fully saturated rings. The molecule has 0 saturated carbocycles. The molecule has 2 nitrogen and oxygen atoms in total. The van der Waals surface area contributed by atoms with Crippen molar-refractivity contribution in [1.29, 1.82) is 0 Å². The molecule has 0 heterocycles. The summed E-state index contributed by atoms with van der Waals surface area (Å²) in [6, 6.07) is 0. The Morgan fingerprint density at radius 2 is 1.82 bits per heavy atom. The third kappa shape index (κ3) is 9.46. The summed E-state index contributed by atoms with van der Waals surface area (Å²) in [7, 11) is 0. The fourth-order valence-electron chi connectivity index (χ4n) is 2.01. The van der Waals surface area contributed by atoms with Crippen molar-refractivity contribution in [1.82, 2.24) is 0 Å². The van der Waals surface area contributed by atoms with E-state index in [9.17, 15) is 4.79 Å². The van der Waals surface area contributed by atoms with Gasteiger partial charge in [0, 0.05) is 12.8 Å². The zero-order chi connectivity index (χ0) is 13.1. The van der Waals surface area contributed by atoms with E-state index < -0.39 is 0 Å². The molecule has 17 heavy (non-hydrogen) atoms. The van der Waals surface area contributed by atoms with Crippen molar-refractivity contribution in [2.24, 2.45) is 5.92 Å². The van der Waals surface area contributed by atoms with E-state index in [4.69, 9.17) is 16.3 Å². The van der Waals surface area contributed by atoms with Crippen LogP contribution in [0.1, 0.15) is 65.7 Å². The number of esters is 1. The van der Waals surface area contributed by atoms with Gasteiger partial charge in [0.1, 0.15) is 6.10 Å². The molecular formula is C14H27ClO2.